The first-order chi connectivity index (χ1) is 9.54. The van der Waals surface area contributed by atoms with Gasteiger partial charge in [-0.3, -0.25) is 0 Å². The first kappa shape index (κ1) is 15.2. The van der Waals surface area contributed by atoms with Gasteiger partial charge in [0.25, 0.3) is 0 Å². The molecule has 1 saturated heterocycles. The number of aromatic carboxylic acids is 1. The van der Waals surface area contributed by atoms with E-state index in [2.05, 4.69) is 18.7 Å². The standard InChI is InChI=1S/C16H23NO2S/c1-4-20-14-7-5-6-13(15(14)16(18)19)17-9-8-11(2)12(3)10-17/h5-7,11-12H,4,8-10H2,1-3H3,(H,18,19). The second kappa shape index (κ2) is 6.53. The van der Waals surface area contributed by atoms with E-state index >= 15 is 0 Å². The van der Waals surface area contributed by atoms with Gasteiger partial charge in [-0.2, -0.15) is 0 Å². The van der Waals surface area contributed by atoms with Crippen molar-refractivity contribution in [1.82, 2.24) is 0 Å². The highest BCUT2D eigenvalue weighted by Gasteiger charge is 2.26. The average Bonchev–Trinajstić information content (AvgIpc) is 2.42. The second-order valence-corrected chi connectivity index (χ2v) is 6.88. The Hall–Kier alpha value is -1.16. The van der Waals surface area contributed by atoms with Gasteiger partial charge in [0.05, 0.1) is 11.3 Å². The van der Waals surface area contributed by atoms with E-state index in [4.69, 9.17) is 0 Å². The number of carboxylic acid groups (broad SMARTS) is 1. The van der Waals surface area contributed by atoms with E-state index in [-0.39, 0.29) is 0 Å². The molecule has 1 aliphatic heterocycles. The smallest absolute Gasteiger partial charge is 0.338 e. The Labute approximate surface area is 125 Å². The summed E-state index contributed by atoms with van der Waals surface area (Å²) in [6.07, 6.45) is 1.13. The number of carbonyl (C=O) groups is 1. The van der Waals surface area contributed by atoms with Crippen molar-refractivity contribution in [3.63, 3.8) is 0 Å². The van der Waals surface area contributed by atoms with Crippen LogP contribution in [-0.4, -0.2) is 29.9 Å². The highest BCUT2D eigenvalue weighted by Crippen LogP contribution is 2.34. The Kier molecular flexibility index (Phi) is 4.97. The van der Waals surface area contributed by atoms with Crippen LogP contribution in [0.4, 0.5) is 5.69 Å². The monoisotopic (exact) mass is 293 g/mol. The number of nitrogens with zero attached hydrogens (tertiary/aromatic N) is 1. The fraction of sp³-hybridized carbons (Fsp3) is 0.562. The predicted octanol–water partition coefficient (Wildman–Crippen LogP) is 3.98. The quantitative estimate of drug-likeness (QED) is 0.853. The lowest BCUT2D eigenvalue weighted by molar-refractivity contribution is 0.0693. The molecule has 2 rings (SSSR count). The molecule has 0 spiro atoms. The number of anilines is 1. The molecule has 1 N–H and O–H groups in total. The molecule has 110 valence electrons. The minimum absolute atomic E-state index is 0.473. The normalized spacial score (nSPS) is 22.9. The SMILES string of the molecule is CCSc1cccc(N2CCC(C)C(C)C2)c1C(=O)O. The van der Waals surface area contributed by atoms with Crippen molar-refractivity contribution in [1.29, 1.82) is 0 Å². The second-order valence-electron chi connectivity index (χ2n) is 5.58. The van der Waals surface area contributed by atoms with Gasteiger partial charge in [-0.25, -0.2) is 4.79 Å². The largest absolute Gasteiger partial charge is 0.478 e. The summed E-state index contributed by atoms with van der Waals surface area (Å²) in [4.78, 5) is 14.8. The maximum absolute atomic E-state index is 11.7. The van der Waals surface area contributed by atoms with Crippen molar-refractivity contribution in [2.45, 2.75) is 32.1 Å². The summed E-state index contributed by atoms with van der Waals surface area (Å²) >= 11 is 1.60. The summed E-state index contributed by atoms with van der Waals surface area (Å²) in [7, 11) is 0. The summed E-state index contributed by atoms with van der Waals surface area (Å²) in [6, 6.07) is 5.84. The maximum atomic E-state index is 11.7. The van der Waals surface area contributed by atoms with Crippen LogP contribution < -0.4 is 4.90 Å². The van der Waals surface area contributed by atoms with Gasteiger partial charge in [-0.1, -0.05) is 26.8 Å². The molecule has 0 bridgehead atoms. The summed E-state index contributed by atoms with van der Waals surface area (Å²) in [6.45, 7) is 8.48. The van der Waals surface area contributed by atoms with Crippen LogP contribution in [0.15, 0.2) is 23.1 Å². The van der Waals surface area contributed by atoms with Crippen LogP contribution in [0.3, 0.4) is 0 Å². The van der Waals surface area contributed by atoms with Crippen molar-refractivity contribution in [2.75, 3.05) is 23.7 Å². The van der Waals surface area contributed by atoms with E-state index in [1.54, 1.807) is 11.8 Å². The minimum Gasteiger partial charge on any atom is -0.478 e. The van der Waals surface area contributed by atoms with Crippen LogP contribution in [0.25, 0.3) is 0 Å². The molecule has 1 aromatic rings. The van der Waals surface area contributed by atoms with Crippen LogP contribution in [0, 0.1) is 11.8 Å². The van der Waals surface area contributed by atoms with E-state index in [0.717, 1.165) is 35.8 Å². The Morgan fingerprint density at radius 3 is 2.75 bits per heavy atom. The lowest BCUT2D eigenvalue weighted by Gasteiger charge is -2.37. The fourth-order valence-corrected chi connectivity index (χ4v) is 3.58. The van der Waals surface area contributed by atoms with Gasteiger partial charge in [0, 0.05) is 18.0 Å². The molecule has 0 radical (unpaired) electrons. The average molecular weight is 293 g/mol. The Bertz CT molecular complexity index is 489. The van der Waals surface area contributed by atoms with Crippen molar-refractivity contribution in [3.05, 3.63) is 23.8 Å². The third-order valence-electron chi connectivity index (χ3n) is 4.19. The van der Waals surface area contributed by atoms with Crippen LogP contribution in [0.5, 0.6) is 0 Å². The van der Waals surface area contributed by atoms with E-state index in [9.17, 15) is 9.90 Å². The number of piperidine rings is 1. The van der Waals surface area contributed by atoms with Crippen molar-refractivity contribution in [3.8, 4) is 0 Å². The molecular formula is C16H23NO2S. The first-order valence-corrected chi connectivity index (χ1v) is 8.27. The highest BCUT2D eigenvalue weighted by atomic mass is 32.2. The van der Waals surface area contributed by atoms with Crippen LogP contribution in [-0.2, 0) is 0 Å². The molecule has 1 aromatic carbocycles. The van der Waals surface area contributed by atoms with Crippen LogP contribution in [0.1, 0.15) is 37.6 Å². The number of thioether (sulfide) groups is 1. The zero-order valence-corrected chi connectivity index (χ0v) is 13.2. The van der Waals surface area contributed by atoms with Crippen LogP contribution >= 0.6 is 11.8 Å². The number of carboxylic acids is 1. The predicted molar refractivity (Wildman–Crippen MR) is 85.0 cm³/mol. The topological polar surface area (TPSA) is 40.5 Å². The van der Waals surface area contributed by atoms with Gasteiger partial charge < -0.3 is 10.0 Å². The maximum Gasteiger partial charge on any atom is 0.338 e. The number of hydrogen-bond acceptors (Lipinski definition) is 3. The molecule has 0 saturated carbocycles. The Balaban J connectivity index is 2.35. The summed E-state index contributed by atoms with van der Waals surface area (Å²) in [5, 5.41) is 9.58. The third-order valence-corrected chi connectivity index (χ3v) is 5.13. The van der Waals surface area contributed by atoms with E-state index in [0.29, 0.717) is 17.4 Å². The minimum atomic E-state index is -0.817. The summed E-state index contributed by atoms with van der Waals surface area (Å²) in [5.41, 5.74) is 1.36. The Morgan fingerprint density at radius 2 is 2.15 bits per heavy atom. The van der Waals surface area contributed by atoms with Gasteiger partial charge in [0.1, 0.15) is 0 Å². The zero-order valence-electron chi connectivity index (χ0n) is 12.4. The van der Waals surface area contributed by atoms with Gasteiger partial charge in [-0.15, -0.1) is 11.8 Å². The molecule has 0 amide bonds. The zero-order chi connectivity index (χ0) is 14.7. The fourth-order valence-electron chi connectivity index (χ4n) is 2.76. The molecule has 1 heterocycles. The molecule has 2 atom stereocenters. The molecule has 4 heteroatoms. The van der Waals surface area contributed by atoms with Gasteiger partial charge >= 0.3 is 5.97 Å². The van der Waals surface area contributed by atoms with Crippen molar-refractivity contribution in [2.24, 2.45) is 11.8 Å². The molecule has 0 aromatic heterocycles. The van der Waals surface area contributed by atoms with E-state index < -0.39 is 5.97 Å². The lowest BCUT2D eigenvalue weighted by Crippen LogP contribution is -2.39. The van der Waals surface area contributed by atoms with Gasteiger partial charge in [0.15, 0.2) is 0 Å². The van der Waals surface area contributed by atoms with E-state index in [1.807, 2.05) is 25.1 Å². The number of hydrogen-bond donors (Lipinski definition) is 1. The van der Waals surface area contributed by atoms with E-state index in [1.165, 1.54) is 0 Å². The van der Waals surface area contributed by atoms with Crippen molar-refractivity contribution < 1.29 is 9.90 Å². The first-order valence-electron chi connectivity index (χ1n) is 7.28. The van der Waals surface area contributed by atoms with Crippen LogP contribution in [0.2, 0.25) is 0 Å². The molecule has 20 heavy (non-hydrogen) atoms. The van der Waals surface area contributed by atoms with Gasteiger partial charge in [-0.05, 0) is 36.1 Å². The number of benzene rings is 1. The molecular weight excluding hydrogens is 270 g/mol. The third kappa shape index (κ3) is 3.11. The molecule has 3 nitrogen and oxygen atoms in total. The molecule has 0 aliphatic carbocycles. The molecule has 2 unspecified atom stereocenters. The van der Waals surface area contributed by atoms with Crippen molar-refractivity contribution >= 4 is 23.4 Å². The summed E-state index contributed by atoms with van der Waals surface area (Å²) in [5.74, 6) is 1.39. The Morgan fingerprint density at radius 1 is 1.40 bits per heavy atom. The summed E-state index contributed by atoms with van der Waals surface area (Å²) < 4.78 is 0. The highest BCUT2D eigenvalue weighted by molar-refractivity contribution is 7.99. The number of rotatable bonds is 4. The lowest BCUT2D eigenvalue weighted by atomic mass is 9.88. The molecule has 1 fully saturated rings. The molecule has 1 aliphatic rings. The van der Waals surface area contributed by atoms with Gasteiger partial charge in [0.2, 0.25) is 0 Å².